The summed E-state index contributed by atoms with van der Waals surface area (Å²) < 4.78 is 6.52. The highest BCUT2D eigenvalue weighted by molar-refractivity contribution is 8.00. The number of aromatic nitrogens is 3. The second kappa shape index (κ2) is 8.70. The average molecular weight is 350 g/mol. The SMILES string of the molecule is COCCCn1c(S[C@H](C)C(=O)Nc2ccc(C)cc2)n[nH]c1=O. The van der Waals surface area contributed by atoms with Gasteiger partial charge in [0.25, 0.3) is 0 Å². The Morgan fingerprint density at radius 1 is 1.42 bits per heavy atom. The molecule has 1 aromatic carbocycles. The molecule has 2 aromatic rings. The molecular formula is C16H22N4O3S. The first-order valence-electron chi connectivity index (χ1n) is 7.69. The van der Waals surface area contributed by atoms with E-state index in [0.29, 0.717) is 24.7 Å². The third-order valence-electron chi connectivity index (χ3n) is 3.42. The van der Waals surface area contributed by atoms with Crippen molar-refractivity contribution in [1.82, 2.24) is 14.8 Å². The maximum absolute atomic E-state index is 12.3. The zero-order valence-electron chi connectivity index (χ0n) is 14.0. The fourth-order valence-corrected chi connectivity index (χ4v) is 2.93. The van der Waals surface area contributed by atoms with Crippen molar-refractivity contribution in [2.24, 2.45) is 0 Å². The van der Waals surface area contributed by atoms with Gasteiger partial charge in [0, 0.05) is 25.9 Å². The minimum Gasteiger partial charge on any atom is -0.385 e. The van der Waals surface area contributed by atoms with Crippen molar-refractivity contribution in [3.05, 3.63) is 40.3 Å². The molecule has 1 aromatic heterocycles. The summed E-state index contributed by atoms with van der Waals surface area (Å²) in [6.07, 6.45) is 0.702. The summed E-state index contributed by atoms with van der Waals surface area (Å²) in [6.45, 7) is 4.83. The topological polar surface area (TPSA) is 89.0 Å². The van der Waals surface area contributed by atoms with E-state index in [2.05, 4.69) is 15.5 Å². The van der Waals surface area contributed by atoms with Crippen LogP contribution in [0.3, 0.4) is 0 Å². The molecule has 0 fully saturated rings. The number of aryl methyl sites for hydroxylation is 1. The molecule has 0 radical (unpaired) electrons. The van der Waals surface area contributed by atoms with E-state index in [1.807, 2.05) is 31.2 Å². The molecule has 2 N–H and O–H groups in total. The first kappa shape index (κ1) is 18.3. The number of benzene rings is 1. The predicted molar refractivity (Wildman–Crippen MR) is 94.5 cm³/mol. The molecule has 130 valence electrons. The highest BCUT2D eigenvalue weighted by Crippen LogP contribution is 2.21. The monoisotopic (exact) mass is 350 g/mol. The molecule has 2 rings (SSSR count). The lowest BCUT2D eigenvalue weighted by Gasteiger charge is -2.12. The van der Waals surface area contributed by atoms with E-state index in [-0.39, 0.29) is 16.8 Å². The summed E-state index contributed by atoms with van der Waals surface area (Å²) in [5, 5.41) is 9.41. The van der Waals surface area contributed by atoms with Gasteiger partial charge in [-0.25, -0.2) is 9.89 Å². The average Bonchev–Trinajstić information content (AvgIpc) is 2.90. The lowest BCUT2D eigenvalue weighted by atomic mass is 10.2. The number of amides is 1. The van der Waals surface area contributed by atoms with Crippen LogP contribution >= 0.6 is 11.8 Å². The molecule has 0 saturated carbocycles. The van der Waals surface area contributed by atoms with Crippen molar-refractivity contribution >= 4 is 23.4 Å². The fourth-order valence-electron chi connectivity index (χ4n) is 2.05. The molecule has 0 saturated heterocycles. The number of carbonyl (C=O) groups is 1. The molecular weight excluding hydrogens is 328 g/mol. The van der Waals surface area contributed by atoms with E-state index in [1.54, 1.807) is 14.0 Å². The van der Waals surface area contributed by atoms with Gasteiger partial charge in [-0.15, -0.1) is 5.10 Å². The number of aromatic amines is 1. The van der Waals surface area contributed by atoms with Gasteiger partial charge in [-0.3, -0.25) is 9.36 Å². The van der Waals surface area contributed by atoms with E-state index in [1.165, 1.54) is 16.3 Å². The zero-order chi connectivity index (χ0) is 17.5. The second-order valence-corrected chi connectivity index (χ2v) is 6.73. The molecule has 24 heavy (non-hydrogen) atoms. The maximum Gasteiger partial charge on any atom is 0.343 e. The summed E-state index contributed by atoms with van der Waals surface area (Å²) in [5.41, 5.74) is 1.60. The number of rotatable bonds is 8. The van der Waals surface area contributed by atoms with Gasteiger partial charge in [0.1, 0.15) is 0 Å². The number of hydrogen-bond donors (Lipinski definition) is 2. The number of ether oxygens (including phenoxy) is 1. The van der Waals surface area contributed by atoms with Gasteiger partial charge in [0.15, 0.2) is 5.16 Å². The first-order chi connectivity index (χ1) is 11.5. The minimum absolute atomic E-state index is 0.136. The Balaban J connectivity index is 1.98. The lowest BCUT2D eigenvalue weighted by Crippen LogP contribution is -2.24. The smallest absolute Gasteiger partial charge is 0.343 e. The van der Waals surface area contributed by atoms with Gasteiger partial charge in [0.05, 0.1) is 5.25 Å². The Kier molecular flexibility index (Phi) is 6.62. The molecule has 7 nitrogen and oxygen atoms in total. The van der Waals surface area contributed by atoms with E-state index in [9.17, 15) is 9.59 Å². The van der Waals surface area contributed by atoms with Gasteiger partial charge >= 0.3 is 5.69 Å². The van der Waals surface area contributed by atoms with E-state index in [4.69, 9.17) is 4.74 Å². The normalized spacial score (nSPS) is 12.1. The van der Waals surface area contributed by atoms with Gasteiger partial charge in [-0.05, 0) is 32.4 Å². The van der Waals surface area contributed by atoms with Crippen LogP contribution in [-0.4, -0.2) is 39.6 Å². The van der Waals surface area contributed by atoms with Crippen molar-refractivity contribution in [3.8, 4) is 0 Å². The highest BCUT2D eigenvalue weighted by atomic mass is 32.2. The largest absolute Gasteiger partial charge is 0.385 e. The summed E-state index contributed by atoms with van der Waals surface area (Å²) >= 11 is 1.25. The number of hydrogen-bond acceptors (Lipinski definition) is 5. The van der Waals surface area contributed by atoms with Gasteiger partial charge in [-0.2, -0.15) is 0 Å². The van der Waals surface area contributed by atoms with Crippen LogP contribution in [0.1, 0.15) is 18.9 Å². The standard InChI is InChI=1S/C16H22N4O3S/c1-11-5-7-13(8-6-11)17-14(21)12(2)24-16-19-18-15(22)20(16)9-4-10-23-3/h5-8,12H,4,9-10H2,1-3H3,(H,17,21)(H,18,22)/t12-/m1/s1. The third kappa shape index (κ3) is 4.97. The maximum atomic E-state index is 12.3. The molecule has 1 atom stereocenters. The van der Waals surface area contributed by atoms with Crippen LogP contribution in [0.15, 0.2) is 34.2 Å². The Morgan fingerprint density at radius 3 is 2.79 bits per heavy atom. The van der Waals surface area contributed by atoms with Crippen LogP contribution in [0.2, 0.25) is 0 Å². The number of methoxy groups -OCH3 is 1. The van der Waals surface area contributed by atoms with Crippen molar-refractivity contribution < 1.29 is 9.53 Å². The number of nitrogens with zero attached hydrogens (tertiary/aromatic N) is 2. The van der Waals surface area contributed by atoms with Crippen molar-refractivity contribution in [1.29, 1.82) is 0 Å². The molecule has 0 aliphatic carbocycles. The molecule has 8 heteroatoms. The first-order valence-corrected chi connectivity index (χ1v) is 8.57. The number of anilines is 1. The Morgan fingerprint density at radius 2 is 2.12 bits per heavy atom. The molecule has 1 heterocycles. The quantitative estimate of drug-likeness (QED) is 0.562. The van der Waals surface area contributed by atoms with Gasteiger partial charge in [-0.1, -0.05) is 29.5 Å². The third-order valence-corrected chi connectivity index (χ3v) is 4.51. The van der Waals surface area contributed by atoms with Crippen LogP contribution in [0, 0.1) is 6.92 Å². The highest BCUT2D eigenvalue weighted by Gasteiger charge is 2.19. The predicted octanol–water partition coefficient (Wildman–Crippen LogP) is 2.04. The summed E-state index contributed by atoms with van der Waals surface area (Å²) in [4.78, 5) is 24.1. The van der Waals surface area contributed by atoms with Gasteiger partial charge in [0.2, 0.25) is 5.91 Å². The van der Waals surface area contributed by atoms with E-state index >= 15 is 0 Å². The molecule has 0 spiro atoms. The Hall–Kier alpha value is -2.06. The van der Waals surface area contributed by atoms with Crippen LogP contribution < -0.4 is 11.0 Å². The van der Waals surface area contributed by atoms with Gasteiger partial charge < -0.3 is 10.1 Å². The van der Waals surface area contributed by atoms with Crippen molar-refractivity contribution in [3.63, 3.8) is 0 Å². The Bertz CT molecular complexity index is 724. The molecule has 1 amide bonds. The number of carbonyl (C=O) groups excluding carboxylic acids is 1. The van der Waals surface area contributed by atoms with E-state index < -0.39 is 0 Å². The minimum atomic E-state index is -0.386. The van der Waals surface area contributed by atoms with Crippen LogP contribution in [0.25, 0.3) is 0 Å². The number of nitrogens with one attached hydrogen (secondary N) is 2. The van der Waals surface area contributed by atoms with Crippen molar-refractivity contribution in [2.45, 2.75) is 37.2 Å². The lowest BCUT2D eigenvalue weighted by molar-refractivity contribution is -0.115. The molecule has 0 aliphatic heterocycles. The van der Waals surface area contributed by atoms with E-state index in [0.717, 1.165) is 11.3 Å². The fraction of sp³-hybridized carbons (Fsp3) is 0.438. The summed E-state index contributed by atoms with van der Waals surface area (Å²) in [5.74, 6) is -0.136. The molecule has 0 unspecified atom stereocenters. The number of H-pyrrole nitrogens is 1. The second-order valence-electron chi connectivity index (χ2n) is 5.42. The van der Waals surface area contributed by atoms with Crippen LogP contribution in [0.5, 0.6) is 0 Å². The zero-order valence-corrected chi connectivity index (χ0v) is 14.9. The van der Waals surface area contributed by atoms with Crippen LogP contribution in [-0.2, 0) is 16.1 Å². The van der Waals surface area contributed by atoms with Crippen LogP contribution in [0.4, 0.5) is 5.69 Å². The molecule has 0 aliphatic rings. The molecule has 0 bridgehead atoms. The summed E-state index contributed by atoms with van der Waals surface area (Å²) in [7, 11) is 1.62. The van der Waals surface area contributed by atoms with Crippen molar-refractivity contribution in [2.75, 3.05) is 19.0 Å². The summed E-state index contributed by atoms with van der Waals surface area (Å²) in [6, 6.07) is 7.60. The Labute approximate surface area is 144 Å². The number of thioether (sulfide) groups is 1.